The summed E-state index contributed by atoms with van der Waals surface area (Å²) in [6.07, 6.45) is 1.48. The lowest BCUT2D eigenvalue weighted by Gasteiger charge is -2.18. The molecule has 2 heteroatoms. The fraction of sp³-hybridized carbons (Fsp3) is 0.625. The van der Waals surface area contributed by atoms with Gasteiger partial charge in [-0.1, -0.05) is 26.0 Å². The number of rotatable bonds is 7. The van der Waals surface area contributed by atoms with Gasteiger partial charge >= 0.3 is 0 Å². The van der Waals surface area contributed by atoms with Crippen LogP contribution in [0.25, 0.3) is 0 Å². The highest BCUT2D eigenvalue weighted by Gasteiger charge is 2.04. The number of ether oxygens (including phenoxy) is 1. The van der Waals surface area contributed by atoms with E-state index in [-0.39, 0.29) is 6.10 Å². The maximum Gasteiger partial charge on any atom is 0.120 e. The molecule has 0 heterocycles. The minimum absolute atomic E-state index is 0.235. The van der Waals surface area contributed by atoms with Crippen LogP contribution in [0.3, 0.4) is 0 Å². The van der Waals surface area contributed by atoms with Gasteiger partial charge in [-0.25, -0.2) is 0 Å². The number of hydrogen-bond donors (Lipinski definition) is 0. The zero-order chi connectivity index (χ0) is 13.5. The van der Waals surface area contributed by atoms with Gasteiger partial charge in [0.2, 0.25) is 0 Å². The molecule has 1 aromatic carbocycles. The topological polar surface area (TPSA) is 12.5 Å². The van der Waals surface area contributed by atoms with Crippen molar-refractivity contribution in [3.63, 3.8) is 0 Å². The minimum Gasteiger partial charge on any atom is -0.491 e. The molecular formula is C16H27NO. The number of nitrogens with zero attached hydrogens (tertiary/aromatic N) is 1. The molecule has 0 aliphatic carbocycles. The fourth-order valence-electron chi connectivity index (χ4n) is 1.86. The van der Waals surface area contributed by atoms with E-state index in [1.54, 1.807) is 0 Å². The Morgan fingerprint density at radius 1 is 1.17 bits per heavy atom. The van der Waals surface area contributed by atoms with Crippen LogP contribution in [0.5, 0.6) is 5.75 Å². The molecule has 1 aromatic rings. The predicted octanol–water partition coefficient (Wildman–Crippen LogP) is 3.95. The van der Waals surface area contributed by atoms with E-state index in [4.69, 9.17) is 4.74 Å². The van der Waals surface area contributed by atoms with E-state index < -0.39 is 0 Å². The maximum atomic E-state index is 5.72. The third kappa shape index (κ3) is 6.06. The van der Waals surface area contributed by atoms with Gasteiger partial charge < -0.3 is 9.64 Å². The van der Waals surface area contributed by atoms with Gasteiger partial charge in [-0.2, -0.15) is 0 Å². The lowest BCUT2D eigenvalue weighted by molar-refractivity contribution is 0.241. The Morgan fingerprint density at radius 3 is 2.50 bits per heavy atom. The molecule has 0 radical (unpaired) electrons. The summed E-state index contributed by atoms with van der Waals surface area (Å²) in [7, 11) is 2.18. The predicted molar refractivity (Wildman–Crippen MR) is 78.0 cm³/mol. The molecule has 0 amide bonds. The Kier molecular flexibility index (Phi) is 6.20. The van der Waals surface area contributed by atoms with Crippen LogP contribution in [-0.2, 0) is 6.54 Å². The number of benzene rings is 1. The zero-order valence-electron chi connectivity index (χ0n) is 12.4. The van der Waals surface area contributed by atoms with Crippen molar-refractivity contribution < 1.29 is 4.74 Å². The molecule has 0 aliphatic rings. The van der Waals surface area contributed by atoms with Crippen LogP contribution < -0.4 is 4.74 Å². The van der Waals surface area contributed by atoms with Crippen molar-refractivity contribution in [3.8, 4) is 5.75 Å². The Labute approximate surface area is 112 Å². The van der Waals surface area contributed by atoms with Crippen LogP contribution in [0.4, 0.5) is 0 Å². The van der Waals surface area contributed by atoms with Gasteiger partial charge in [-0.15, -0.1) is 0 Å². The van der Waals surface area contributed by atoms with E-state index in [2.05, 4.69) is 57.8 Å². The van der Waals surface area contributed by atoms with Gasteiger partial charge in [0.05, 0.1) is 6.10 Å². The van der Waals surface area contributed by atoms with Gasteiger partial charge in [0.25, 0.3) is 0 Å². The summed E-state index contributed by atoms with van der Waals surface area (Å²) < 4.78 is 5.72. The molecule has 0 unspecified atom stereocenters. The standard InChI is InChI=1S/C16H27NO/c1-13(2)9-10-17(5)12-15-7-6-8-16(11-15)18-14(3)4/h6-8,11,13-14H,9-10,12H2,1-5H3. The van der Waals surface area contributed by atoms with Gasteiger partial charge in [0.15, 0.2) is 0 Å². The molecule has 0 N–H and O–H groups in total. The van der Waals surface area contributed by atoms with Crippen molar-refractivity contribution in [3.05, 3.63) is 29.8 Å². The Morgan fingerprint density at radius 2 is 1.89 bits per heavy atom. The average molecular weight is 249 g/mol. The lowest BCUT2D eigenvalue weighted by atomic mass is 10.1. The van der Waals surface area contributed by atoms with Crippen LogP contribution >= 0.6 is 0 Å². The third-order valence-electron chi connectivity index (χ3n) is 2.81. The first kappa shape index (κ1) is 15.0. The Balaban J connectivity index is 2.50. The van der Waals surface area contributed by atoms with Crippen molar-refractivity contribution in [2.45, 2.75) is 46.8 Å². The normalized spacial score (nSPS) is 11.6. The summed E-state index contributed by atoms with van der Waals surface area (Å²) in [5, 5.41) is 0. The van der Waals surface area contributed by atoms with Gasteiger partial charge in [0.1, 0.15) is 5.75 Å². The first-order valence-electron chi connectivity index (χ1n) is 6.91. The third-order valence-corrected chi connectivity index (χ3v) is 2.81. The van der Waals surface area contributed by atoms with Crippen LogP contribution in [0.2, 0.25) is 0 Å². The summed E-state index contributed by atoms with van der Waals surface area (Å²) in [5.74, 6) is 1.74. The van der Waals surface area contributed by atoms with Crippen molar-refractivity contribution in [1.29, 1.82) is 0 Å². The highest BCUT2D eigenvalue weighted by atomic mass is 16.5. The highest BCUT2D eigenvalue weighted by Crippen LogP contribution is 2.16. The second kappa shape index (κ2) is 7.42. The van der Waals surface area contributed by atoms with Crippen LogP contribution in [0.15, 0.2) is 24.3 Å². The average Bonchev–Trinajstić information content (AvgIpc) is 2.26. The molecule has 0 atom stereocenters. The van der Waals surface area contributed by atoms with E-state index in [1.807, 2.05) is 6.07 Å². The van der Waals surface area contributed by atoms with Gasteiger partial charge in [0, 0.05) is 6.54 Å². The van der Waals surface area contributed by atoms with E-state index in [9.17, 15) is 0 Å². The quantitative estimate of drug-likeness (QED) is 0.725. The first-order chi connectivity index (χ1) is 8.47. The van der Waals surface area contributed by atoms with Gasteiger partial charge in [-0.3, -0.25) is 0 Å². The van der Waals surface area contributed by atoms with E-state index in [0.717, 1.165) is 24.8 Å². The maximum absolute atomic E-state index is 5.72. The highest BCUT2D eigenvalue weighted by molar-refractivity contribution is 5.28. The largest absolute Gasteiger partial charge is 0.491 e. The second-order valence-electron chi connectivity index (χ2n) is 5.73. The lowest BCUT2D eigenvalue weighted by Crippen LogP contribution is -2.20. The van der Waals surface area contributed by atoms with E-state index in [0.29, 0.717) is 0 Å². The van der Waals surface area contributed by atoms with Crippen molar-refractivity contribution in [2.75, 3.05) is 13.6 Å². The molecule has 0 bridgehead atoms. The molecule has 0 aliphatic heterocycles. The molecule has 18 heavy (non-hydrogen) atoms. The fourth-order valence-corrected chi connectivity index (χ4v) is 1.86. The van der Waals surface area contributed by atoms with Crippen molar-refractivity contribution >= 4 is 0 Å². The molecule has 0 saturated carbocycles. The van der Waals surface area contributed by atoms with Crippen LogP contribution in [0, 0.1) is 5.92 Å². The molecule has 0 aromatic heterocycles. The van der Waals surface area contributed by atoms with E-state index in [1.165, 1.54) is 12.0 Å². The smallest absolute Gasteiger partial charge is 0.120 e. The molecule has 0 spiro atoms. The molecule has 2 nitrogen and oxygen atoms in total. The van der Waals surface area contributed by atoms with Crippen LogP contribution in [0.1, 0.15) is 39.7 Å². The molecule has 0 saturated heterocycles. The SMILES string of the molecule is CC(C)CCN(C)Cc1cccc(OC(C)C)c1. The Bertz CT molecular complexity index is 347. The van der Waals surface area contributed by atoms with E-state index >= 15 is 0 Å². The molecule has 102 valence electrons. The first-order valence-corrected chi connectivity index (χ1v) is 6.91. The van der Waals surface area contributed by atoms with Gasteiger partial charge in [-0.05, 0) is 57.5 Å². The Hall–Kier alpha value is -1.02. The minimum atomic E-state index is 0.235. The van der Waals surface area contributed by atoms with Crippen molar-refractivity contribution in [2.24, 2.45) is 5.92 Å². The molecule has 1 rings (SSSR count). The second-order valence-corrected chi connectivity index (χ2v) is 5.73. The molecular weight excluding hydrogens is 222 g/mol. The number of hydrogen-bond acceptors (Lipinski definition) is 2. The summed E-state index contributed by atoms with van der Waals surface area (Å²) in [5.41, 5.74) is 1.32. The zero-order valence-corrected chi connectivity index (χ0v) is 12.4. The summed E-state index contributed by atoms with van der Waals surface area (Å²) in [4.78, 5) is 2.37. The summed E-state index contributed by atoms with van der Waals surface area (Å²) in [6, 6.07) is 8.41. The monoisotopic (exact) mass is 249 g/mol. The molecule has 0 fully saturated rings. The summed E-state index contributed by atoms with van der Waals surface area (Å²) in [6.45, 7) is 10.8. The van der Waals surface area contributed by atoms with Crippen LogP contribution in [-0.4, -0.2) is 24.6 Å². The summed E-state index contributed by atoms with van der Waals surface area (Å²) >= 11 is 0. The van der Waals surface area contributed by atoms with Crippen molar-refractivity contribution in [1.82, 2.24) is 4.90 Å².